The van der Waals surface area contributed by atoms with Crippen LogP contribution in [0.15, 0.2) is 24.3 Å². The first-order valence-electron chi connectivity index (χ1n) is 6.17. The van der Waals surface area contributed by atoms with Gasteiger partial charge in [0.2, 0.25) is 5.91 Å². The number of ether oxygens (including phenoxy) is 1. The Kier molecular flexibility index (Phi) is 6.42. The minimum Gasteiger partial charge on any atom is -0.465 e. The number of benzene rings is 1. The average molecular weight is 281 g/mol. The minimum absolute atomic E-state index is 0.111. The third kappa shape index (κ3) is 5.79. The third-order valence-electron chi connectivity index (χ3n) is 2.41. The molecule has 1 aromatic carbocycles. The number of esters is 1. The molecule has 0 radical (unpaired) electrons. The number of amides is 1. The van der Waals surface area contributed by atoms with E-state index in [0.717, 1.165) is 11.3 Å². The maximum atomic E-state index is 11.9. The maximum Gasteiger partial charge on any atom is 0.315 e. The first-order chi connectivity index (χ1) is 9.02. The van der Waals surface area contributed by atoms with Gasteiger partial charge in [-0.3, -0.25) is 9.59 Å². The molecule has 0 heterocycles. The lowest BCUT2D eigenvalue weighted by atomic mass is 10.2. The zero-order valence-corrected chi connectivity index (χ0v) is 12.3. The molecule has 0 aliphatic heterocycles. The lowest BCUT2D eigenvalue weighted by Gasteiger charge is -2.12. The summed E-state index contributed by atoms with van der Waals surface area (Å²) in [5.41, 5.74) is 1.86. The molecular weight excluding hydrogens is 262 g/mol. The van der Waals surface area contributed by atoms with E-state index in [2.05, 4.69) is 5.32 Å². The topological polar surface area (TPSA) is 55.4 Å². The monoisotopic (exact) mass is 281 g/mol. The Labute approximate surface area is 117 Å². The fraction of sp³-hybridized carbons (Fsp3) is 0.429. The smallest absolute Gasteiger partial charge is 0.315 e. The van der Waals surface area contributed by atoms with Crippen molar-refractivity contribution in [3.8, 4) is 0 Å². The van der Waals surface area contributed by atoms with Crippen molar-refractivity contribution in [2.45, 2.75) is 26.0 Å². The van der Waals surface area contributed by atoms with E-state index < -0.39 is 0 Å². The van der Waals surface area contributed by atoms with Gasteiger partial charge in [-0.25, -0.2) is 0 Å². The summed E-state index contributed by atoms with van der Waals surface area (Å²) in [5, 5.41) is 2.53. The van der Waals surface area contributed by atoms with Gasteiger partial charge in [-0.05, 0) is 38.5 Å². The van der Waals surface area contributed by atoms with Crippen LogP contribution in [0.5, 0.6) is 0 Å². The van der Waals surface area contributed by atoms with Gasteiger partial charge in [-0.1, -0.05) is 12.1 Å². The van der Waals surface area contributed by atoms with Crippen LogP contribution in [0.2, 0.25) is 0 Å². The van der Waals surface area contributed by atoms with Gasteiger partial charge in [0.15, 0.2) is 0 Å². The van der Waals surface area contributed by atoms with Crippen molar-refractivity contribution < 1.29 is 14.3 Å². The fourth-order valence-electron chi connectivity index (χ4n) is 1.44. The number of nitrogens with one attached hydrogen (secondary N) is 1. The van der Waals surface area contributed by atoms with Crippen LogP contribution in [-0.4, -0.2) is 29.5 Å². The normalized spacial score (nSPS) is 11.7. The molecule has 0 saturated heterocycles. The van der Waals surface area contributed by atoms with E-state index in [0.29, 0.717) is 6.61 Å². The highest BCUT2D eigenvalue weighted by atomic mass is 32.2. The summed E-state index contributed by atoms with van der Waals surface area (Å²) in [5.74, 6) is -0.210. The number of rotatable bonds is 6. The lowest BCUT2D eigenvalue weighted by molar-refractivity contribution is -0.139. The SMILES string of the molecule is CCOC(=O)CSC(C)C(=O)Nc1cccc(C)c1. The second kappa shape index (κ2) is 7.84. The largest absolute Gasteiger partial charge is 0.465 e. The van der Waals surface area contributed by atoms with Crippen molar-refractivity contribution in [1.82, 2.24) is 0 Å². The molecule has 1 amide bonds. The van der Waals surface area contributed by atoms with Gasteiger partial charge in [-0.15, -0.1) is 11.8 Å². The van der Waals surface area contributed by atoms with Crippen LogP contribution in [-0.2, 0) is 14.3 Å². The van der Waals surface area contributed by atoms with Crippen LogP contribution >= 0.6 is 11.8 Å². The second-order valence-corrected chi connectivity index (χ2v) is 5.45. The second-order valence-electron chi connectivity index (χ2n) is 4.12. The molecule has 1 atom stereocenters. The van der Waals surface area contributed by atoms with Crippen LogP contribution in [0.25, 0.3) is 0 Å². The van der Waals surface area contributed by atoms with Crippen LogP contribution in [0, 0.1) is 6.92 Å². The number of carbonyl (C=O) groups excluding carboxylic acids is 2. The van der Waals surface area contributed by atoms with Gasteiger partial charge < -0.3 is 10.1 Å². The van der Waals surface area contributed by atoms with E-state index in [1.165, 1.54) is 11.8 Å². The van der Waals surface area contributed by atoms with Gasteiger partial charge in [0, 0.05) is 5.69 Å². The molecule has 0 aliphatic rings. The van der Waals surface area contributed by atoms with Crippen LogP contribution in [0.4, 0.5) is 5.69 Å². The highest BCUT2D eigenvalue weighted by Crippen LogP contribution is 2.15. The van der Waals surface area contributed by atoms with Crippen molar-refractivity contribution in [3.63, 3.8) is 0 Å². The van der Waals surface area contributed by atoms with Crippen LogP contribution in [0.1, 0.15) is 19.4 Å². The Morgan fingerprint density at radius 3 is 2.79 bits per heavy atom. The molecule has 4 nitrogen and oxygen atoms in total. The number of anilines is 1. The van der Waals surface area contributed by atoms with E-state index in [4.69, 9.17) is 4.74 Å². The van der Waals surface area contributed by atoms with Crippen molar-refractivity contribution in [2.24, 2.45) is 0 Å². The predicted molar refractivity (Wildman–Crippen MR) is 78.4 cm³/mol. The van der Waals surface area contributed by atoms with Crippen LogP contribution < -0.4 is 5.32 Å². The molecule has 1 unspecified atom stereocenters. The standard InChI is InChI=1S/C14H19NO3S/c1-4-18-13(16)9-19-11(3)14(17)15-12-7-5-6-10(2)8-12/h5-8,11H,4,9H2,1-3H3,(H,15,17). The average Bonchev–Trinajstić information content (AvgIpc) is 2.36. The summed E-state index contributed by atoms with van der Waals surface area (Å²) >= 11 is 1.27. The number of thioether (sulfide) groups is 1. The number of carbonyl (C=O) groups is 2. The minimum atomic E-state index is -0.301. The number of aryl methyl sites for hydroxylation is 1. The maximum absolute atomic E-state index is 11.9. The quantitative estimate of drug-likeness (QED) is 0.814. The molecule has 1 rings (SSSR count). The van der Waals surface area contributed by atoms with E-state index in [1.54, 1.807) is 13.8 Å². The lowest BCUT2D eigenvalue weighted by Crippen LogP contribution is -2.24. The predicted octanol–water partition coefficient (Wildman–Crippen LogP) is 2.62. The molecule has 0 saturated carbocycles. The highest BCUT2D eigenvalue weighted by Gasteiger charge is 2.15. The third-order valence-corrected chi connectivity index (χ3v) is 3.53. The Hall–Kier alpha value is -1.49. The van der Waals surface area contributed by atoms with Crippen molar-refractivity contribution >= 4 is 29.3 Å². The summed E-state index contributed by atoms with van der Waals surface area (Å²) in [6.45, 7) is 5.86. The molecule has 5 heteroatoms. The molecule has 1 aromatic rings. The van der Waals surface area contributed by atoms with Gasteiger partial charge in [0.25, 0.3) is 0 Å². The molecule has 1 N–H and O–H groups in total. The highest BCUT2D eigenvalue weighted by molar-refractivity contribution is 8.01. The molecular formula is C14H19NO3S. The Morgan fingerprint density at radius 2 is 2.16 bits per heavy atom. The van der Waals surface area contributed by atoms with Crippen molar-refractivity contribution in [3.05, 3.63) is 29.8 Å². The van der Waals surface area contributed by atoms with Crippen molar-refractivity contribution in [1.29, 1.82) is 0 Å². The summed E-state index contributed by atoms with van der Waals surface area (Å²) in [6, 6.07) is 7.60. The molecule has 0 bridgehead atoms. The molecule has 0 aromatic heterocycles. The van der Waals surface area contributed by atoms with E-state index >= 15 is 0 Å². The Balaban J connectivity index is 2.42. The first kappa shape index (κ1) is 15.6. The molecule has 19 heavy (non-hydrogen) atoms. The fourth-order valence-corrected chi connectivity index (χ4v) is 2.12. The van der Waals surface area contributed by atoms with Gasteiger partial charge in [-0.2, -0.15) is 0 Å². The number of hydrogen-bond acceptors (Lipinski definition) is 4. The van der Waals surface area contributed by atoms with Gasteiger partial charge in [0.05, 0.1) is 17.6 Å². The van der Waals surface area contributed by atoms with Gasteiger partial charge in [0.1, 0.15) is 0 Å². The Bertz CT molecular complexity index is 448. The molecule has 0 aliphatic carbocycles. The zero-order chi connectivity index (χ0) is 14.3. The van der Waals surface area contributed by atoms with Gasteiger partial charge >= 0.3 is 5.97 Å². The van der Waals surface area contributed by atoms with Crippen LogP contribution in [0.3, 0.4) is 0 Å². The zero-order valence-electron chi connectivity index (χ0n) is 11.4. The first-order valence-corrected chi connectivity index (χ1v) is 7.22. The summed E-state index contributed by atoms with van der Waals surface area (Å²) in [6.07, 6.45) is 0. The summed E-state index contributed by atoms with van der Waals surface area (Å²) in [4.78, 5) is 23.1. The van der Waals surface area contributed by atoms with Crippen molar-refractivity contribution in [2.75, 3.05) is 17.7 Å². The Morgan fingerprint density at radius 1 is 1.42 bits per heavy atom. The van der Waals surface area contributed by atoms with E-state index in [-0.39, 0.29) is 22.9 Å². The van der Waals surface area contributed by atoms with E-state index in [9.17, 15) is 9.59 Å². The summed E-state index contributed by atoms with van der Waals surface area (Å²) in [7, 11) is 0. The number of hydrogen-bond donors (Lipinski definition) is 1. The summed E-state index contributed by atoms with van der Waals surface area (Å²) < 4.78 is 4.81. The van der Waals surface area contributed by atoms with E-state index in [1.807, 2.05) is 31.2 Å². The molecule has 104 valence electrons. The molecule has 0 spiro atoms. The molecule has 0 fully saturated rings.